The summed E-state index contributed by atoms with van der Waals surface area (Å²) in [4.78, 5) is 15.8. The Morgan fingerprint density at radius 3 is 1.24 bits per heavy atom. The van der Waals surface area contributed by atoms with Gasteiger partial charge in [-0.25, -0.2) is 19.3 Å². The van der Waals surface area contributed by atoms with Gasteiger partial charge in [-0.2, -0.15) is 0 Å². The fourth-order valence-electron chi connectivity index (χ4n) is 8.02. The average molecular weight is 764 g/mol. The first kappa shape index (κ1) is 35.9. The van der Waals surface area contributed by atoms with Crippen LogP contribution in [-0.2, 0) is 5.60 Å². The molecule has 0 aliphatic carbocycles. The van der Waals surface area contributed by atoms with E-state index in [1.807, 2.05) is 54.6 Å². The Labute approximate surface area is 343 Å². The largest absolute Gasteiger partial charge is 0.482 e. The van der Waals surface area contributed by atoms with Crippen molar-refractivity contribution >= 4 is 0 Å². The van der Waals surface area contributed by atoms with Gasteiger partial charge in [0.2, 0.25) is 0 Å². The summed E-state index contributed by atoms with van der Waals surface area (Å²) in [5.41, 5.74) is 13.4. The minimum atomic E-state index is -0.481. The van der Waals surface area contributed by atoms with E-state index in [4.69, 9.17) is 19.7 Å². The van der Waals surface area contributed by atoms with Crippen molar-refractivity contribution in [1.82, 2.24) is 15.0 Å². The average Bonchev–Trinajstić information content (AvgIpc) is 3.29. The minimum absolute atomic E-state index is 0.283. The molecular weight excluding hydrogens is 726 g/mol. The first-order valence-electron chi connectivity index (χ1n) is 19.8. The lowest BCUT2D eigenvalue weighted by atomic mass is 9.86. The molecule has 0 radical (unpaired) electrons. The molecule has 0 amide bonds. The van der Waals surface area contributed by atoms with Gasteiger partial charge in [-0.1, -0.05) is 127 Å². The van der Waals surface area contributed by atoms with Crippen molar-refractivity contribution < 1.29 is 9.13 Å². The molecule has 1 aliphatic heterocycles. The number of halogens is 1. The summed E-state index contributed by atoms with van der Waals surface area (Å²) in [6, 6.07) is 65.1. The lowest BCUT2D eigenvalue weighted by Crippen LogP contribution is -2.29. The van der Waals surface area contributed by atoms with Crippen molar-refractivity contribution in [2.75, 3.05) is 0 Å². The van der Waals surface area contributed by atoms with Crippen LogP contribution in [0.25, 0.3) is 89.8 Å². The summed E-state index contributed by atoms with van der Waals surface area (Å²) in [5.74, 6) is 2.13. The fourth-order valence-corrected chi connectivity index (χ4v) is 8.02. The van der Waals surface area contributed by atoms with Gasteiger partial charge in [0.15, 0.2) is 17.5 Å². The van der Waals surface area contributed by atoms with Crippen LogP contribution in [0, 0.1) is 5.82 Å². The number of rotatable bonds is 7. The van der Waals surface area contributed by atoms with E-state index in [2.05, 4.69) is 141 Å². The molecule has 0 saturated carbocycles. The Hall–Kier alpha value is -7.50. The van der Waals surface area contributed by atoms with Crippen LogP contribution in [0.15, 0.2) is 194 Å². The van der Waals surface area contributed by atoms with Crippen molar-refractivity contribution in [2.24, 2.45) is 0 Å². The summed E-state index contributed by atoms with van der Waals surface area (Å²) in [6.07, 6.45) is 0. The van der Waals surface area contributed by atoms with E-state index in [-0.39, 0.29) is 5.82 Å². The van der Waals surface area contributed by atoms with Gasteiger partial charge < -0.3 is 4.74 Å². The van der Waals surface area contributed by atoms with Crippen molar-refractivity contribution in [3.63, 3.8) is 0 Å². The van der Waals surface area contributed by atoms with Gasteiger partial charge in [0.05, 0.1) is 0 Å². The molecule has 9 aromatic rings. The van der Waals surface area contributed by atoms with E-state index >= 15 is 0 Å². The van der Waals surface area contributed by atoms with Crippen LogP contribution < -0.4 is 4.74 Å². The molecule has 0 fully saturated rings. The van der Waals surface area contributed by atoms with Gasteiger partial charge in [0, 0.05) is 27.8 Å². The molecule has 4 nitrogen and oxygen atoms in total. The predicted molar refractivity (Wildman–Crippen MR) is 237 cm³/mol. The van der Waals surface area contributed by atoms with Crippen LogP contribution in [0.3, 0.4) is 0 Å². The Morgan fingerprint density at radius 2 is 0.746 bits per heavy atom. The third kappa shape index (κ3) is 7.08. The summed E-state index contributed by atoms with van der Waals surface area (Å²) >= 11 is 0. The predicted octanol–water partition coefficient (Wildman–Crippen LogP) is 14.0. The highest BCUT2D eigenvalue weighted by Gasteiger charge is 2.32. The van der Waals surface area contributed by atoms with Crippen LogP contribution >= 0.6 is 0 Å². The highest BCUT2D eigenvalue weighted by molar-refractivity contribution is 5.84. The Morgan fingerprint density at radius 1 is 0.356 bits per heavy atom. The summed E-state index contributed by atoms with van der Waals surface area (Å²) in [5, 5.41) is 0. The zero-order chi connectivity index (χ0) is 39.9. The van der Waals surface area contributed by atoms with E-state index in [0.717, 1.165) is 83.6 Å². The maximum atomic E-state index is 14.2. The quantitative estimate of drug-likeness (QED) is 0.162. The molecule has 59 heavy (non-hydrogen) atoms. The molecule has 10 rings (SSSR count). The van der Waals surface area contributed by atoms with E-state index in [9.17, 15) is 4.39 Å². The van der Waals surface area contributed by atoms with E-state index in [0.29, 0.717) is 17.5 Å². The molecule has 0 N–H and O–H groups in total. The minimum Gasteiger partial charge on any atom is -0.482 e. The maximum absolute atomic E-state index is 14.2. The van der Waals surface area contributed by atoms with Crippen molar-refractivity contribution in [1.29, 1.82) is 0 Å². The van der Waals surface area contributed by atoms with Crippen LogP contribution in [0.1, 0.15) is 19.4 Å². The first-order chi connectivity index (χ1) is 28.8. The summed E-state index contributed by atoms with van der Waals surface area (Å²) < 4.78 is 20.7. The van der Waals surface area contributed by atoms with E-state index < -0.39 is 5.60 Å². The van der Waals surface area contributed by atoms with Crippen molar-refractivity contribution in [3.8, 4) is 95.5 Å². The van der Waals surface area contributed by atoms with E-state index in [1.54, 1.807) is 0 Å². The molecule has 0 unspecified atom stereocenters. The standard InChI is InChI=1S/C54H38FN3O/c1-54(2)49-21-13-12-20-47(49)48-34-39(24-27-50(48)59-54)51-56-52(44-30-40(35-14-6-3-7-15-35)28-41(31-44)36-16-8-4-9-17-36)58-53(57-51)45-32-42(37-18-10-5-11-19-37)29-43(33-45)38-22-25-46(55)26-23-38/h3-34H,1-2H3. The number of ether oxygens (including phenoxy) is 1. The van der Waals surface area contributed by atoms with Crippen LogP contribution in [0.5, 0.6) is 5.75 Å². The fraction of sp³-hybridized carbons (Fsp3) is 0.0556. The number of fused-ring (bicyclic) bond motifs is 3. The summed E-state index contributed by atoms with van der Waals surface area (Å²) in [7, 11) is 0. The Kier molecular flexibility index (Phi) is 8.99. The monoisotopic (exact) mass is 763 g/mol. The molecule has 0 saturated heterocycles. The summed E-state index contributed by atoms with van der Waals surface area (Å²) in [6.45, 7) is 4.20. The zero-order valence-corrected chi connectivity index (χ0v) is 32.6. The molecule has 0 bridgehead atoms. The van der Waals surface area contributed by atoms with E-state index in [1.165, 1.54) is 12.1 Å². The van der Waals surface area contributed by atoms with Gasteiger partial charge in [0.25, 0.3) is 0 Å². The van der Waals surface area contributed by atoms with Gasteiger partial charge in [0.1, 0.15) is 17.2 Å². The second-order valence-corrected chi connectivity index (χ2v) is 15.4. The van der Waals surface area contributed by atoms with Crippen LogP contribution in [0.2, 0.25) is 0 Å². The molecule has 1 aliphatic rings. The molecule has 8 aromatic carbocycles. The first-order valence-corrected chi connectivity index (χ1v) is 19.8. The molecule has 282 valence electrons. The molecule has 0 spiro atoms. The van der Waals surface area contributed by atoms with Gasteiger partial charge >= 0.3 is 0 Å². The second kappa shape index (κ2) is 14.8. The van der Waals surface area contributed by atoms with Crippen LogP contribution in [0.4, 0.5) is 4.39 Å². The molecule has 0 atom stereocenters. The third-order valence-corrected chi connectivity index (χ3v) is 11.0. The Balaban J connectivity index is 1.21. The lowest BCUT2D eigenvalue weighted by Gasteiger charge is -2.35. The smallest absolute Gasteiger partial charge is 0.164 e. The topological polar surface area (TPSA) is 47.9 Å². The zero-order valence-electron chi connectivity index (χ0n) is 32.6. The number of aromatic nitrogens is 3. The number of benzene rings is 8. The number of nitrogens with zero attached hydrogens (tertiary/aromatic N) is 3. The second-order valence-electron chi connectivity index (χ2n) is 15.4. The number of hydrogen-bond acceptors (Lipinski definition) is 4. The molecule has 1 aromatic heterocycles. The number of hydrogen-bond donors (Lipinski definition) is 0. The third-order valence-electron chi connectivity index (χ3n) is 11.0. The van der Waals surface area contributed by atoms with Crippen molar-refractivity contribution in [3.05, 3.63) is 206 Å². The van der Waals surface area contributed by atoms with Crippen LogP contribution in [-0.4, -0.2) is 15.0 Å². The van der Waals surface area contributed by atoms with Crippen molar-refractivity contribution in [2.45, 2.75) is 19.4 Å². The molecule has 5 heteroatoms. The molecule has 2 heterocycles. The maximum Gasteiger partial charge on any atom is 0.164 e. The molecular formula is C54H38FN3O. The normalized spacial score (nSPS) is 12.6. The lowest BCUT2D eigenvalue weighted by molar-refractivity contribution is 0.106. The highest BCUT2D eigenvalue weighted by atomic mass is 19.1. The van der Waals surface area contributed by atoms with Gasteiger partial charge in [-0.3, -0.25) is 0 Å². The SMILES string of the molecule is CC1(C)Oc2ccc(-c3nc(-c4cc(-c5ccccc5)cc(-c5ccccc5)c4)nc(-c4cc(-c5ccccc5)cc(-c5ccc(F)cc5)c4)n3)cc2-c2ccccc21. The Bertz CT molecular complexity index is 2930. The van der Waals surface area contributed by atoms with Gasteiger partial charge in [-0.15, -0.1) is 0 Å². The highest BCUT2D eigenvalue weighted by Crippen LogP contribution is 2.46. The van der Waals surface area contributed by atoms with Gasteiger partial charge in [-0.05, 0) is 131 Å².